The second-order valence-corrected chi connectivity index (χ2v) is 13.8. The molecule has 0 aliphatic heterocycles. The van der Waals surface area contributed by atoms with Gasteiger partial charge in [0.15, 0.2) is 5.78 Å². The number of hydrogen-bond donors (Lipinski definition) is 4. The van der Waals surface area contributed by atoms with E-state index in [0.717, 1.165) is 30.4 Å². The van der Waals surface area contributed by atoms with Gasteiger partial charge in [-0.3, -0.25) is 4.79 Å². The van der Waals surface area contributed by atoms with Gasteiger partial charge >= 0.3 is 5.97 Å². The Morgan fingerprint density at radius 2 is 1.75 bits per heavy atom. The molecule has 36 heavy (non-hydrogen) atoms. The van der Waals surface area contributed by atoms with Crippen LogP contribution in [0.25, 0.3) is 0 Å². The van der Waals surface area contributed by atoms with E-state index in [1.807, 2.05) is 0 Å². The molecule has 0 bridgehead atoms. The number of ketones is 1. The molecule has 2 fully saturated rings. The molecule has 0 saturated heterocycles. The molecule has 202 valence electrons. The lowest BCUT2D eigenvalue weighted by molar-refractivity contribution is -0.134. The van der Waals surface area contributed by atoms with E-state index in [-0.39, 0.29) is 46.0 Å². The molecule has 4 N–H and O–H groups in total. The first-order chi connectivity index (χ1) is 16.5. The zero-order chi connectivity index (χ0) is 27.0. The van der Waals surface area contributed by atoms with E-state index in [4.69, 9.17) is 5.11 Å². The summed E-state index contributed by atoms with van der Waals surface area (Å²) in [5.41, 5.74) is 0.654. The fourth-order valence-electron chi connectivity index (χ4n) is 9.41. The predicted octanol–water partition coefficient (Wildman–Crippen LogP) is 4.66. The maximum absolute atomic E-state index is 14.1. The van der Waals surface area contributed by atoms with Crippen LogP contribution < -0.4 is 0 Å². The Labute approximate surface area is 215 Å². The third kappa shape index (κ3) is 3.69. The summed E-state index contributed by atoms with van der Waals surface area (Å²) >= 11 is 0. The molecule has 9 atom stereocenters. The summed E-state index contributed by atoms with van der Waals surface area (Å²) in [5.74, 6) is -0.601. The zero-order valence-electron chi connectivity index (χ0n) is 23.1. The number of aliphatic hydroxyl groups is 3. The number of fused-ring (bicyclic) bond motifs is 4. The molecule has 0 spiro atoms. The first kappa shape index (κ1) is 27.5. The fraction of sp³-hybridized carbons (Fsp3) is 0.800. The van der Waals surface area contributed by atoms with Gasteiger partial charge in [-0.1, -0.05) is 47.1 Å². The van der Waals surface area contributed by atoms with Crippen molar-refractivity contribution in [2.75, 3.05) is 0 Å². The molecule has 0 aromatic carbocycles. The molecule has 4 rings (SSSR count). The number of carbonyl (C=O) groups is 2. The summed E-state index contributed by atoms with van der Waals surface area (Å²) in [5, 5.41) is 42.2. The largest absolute Gasteiger partial charge is 0.478 e. The molecule has 4 aliphatic carbocycles. The summed E-state index contributed by atoms with van der Waals surface area (Å²) in [7, 11) is 0. The van der Waals surface area contributed by atoms with Crippen LogP contribution in [0.4, 0.5) is 0 Å². The van der Waals surface area contributed by atoms with Crippen molar-refractivity contribution in [1.29, 1.82) is 0 Å². The van der Waals surface area contributed by atoms with Crippen molar-refractivity contribution >= 4 is 11.8 Å². The van der Waals surface area contributed by atoms with Gasteiger partial charge in [0.25, 0.3) is 0 Å². The van der Waals surface area contributed by atoms with E-state index in [9.17, 15) is 24.9 Å². The van der Waals surface area contributed by atoms with Crippen molar-refractivity contribution in [2.45, 2.75) is 112 Å². The standard InChI is InChI=1S/C30H46O6/c1-16(12-18(31)13-17(2)26(35)36)20-14-24(34)30(7)19-8-9-22-27(3,4)23(33)10-11-28(22,5)25(19)21(32)15-29(20,30)6/h13,16,18,20,22-24,31,33-34H,8-12,14-15H2,1-7H3,(H,35,36)/t16-,18-,20-,22-,23+,24+,28+,29-,30-/m1/s1. The number of hydrogen-bond acceptors (Lipinski definition) is 5. The number of rotatable bonds is 5. The van der Waals surface area contributed by atoms with Crippen LogP contribution in [0.1, 0.15) is 93.4 Å². The van der Waals surface area contributed by atoms with Crippen molar-refractivity contribution in [1.82, 2.24) is 0 Å². The van der Waals surface area contributed by atoms with Gasteiger partial charge in [-0.15, -0.1) is 0 Å². The molecule has 0 aromatic rings. The minimum Gasteiger partial charge on any atom is -0.478 e. The van der Waals surface area contributed by atoms with E-state index >= 15 is 0 Å². The van der Waals surface area contributed by atoms with Gasteiger partial charge in [0, 0.05) is 23.0 Å². The van der Waals surface area contributed by atoms with Crippen LogP contribution in [-0.4, -0.2) is 50.5 Å². The third-order valence-electron chi connectivity index (χ3n) is 11.7. The SMILES string of the molecule is CC(=C[C@H](O)C[C@@H](C)[C@H]1C[C@H](O)[C@@]2(C)C3=C(C(=O)C[C@]12C)[C@@]1(C)CC[C@H](O)C(C)(C)[C@H]1CC3)C(=O)O. The van der Waals surface area contributed by atoms with Crippen molar-refractivity contribution in [3.63, 3.8) is 0 Å². The van der Waals surface area contributed by atoms with E-state index < -0.39 is 29.0 Å². The Morgan fingerprint density at radius 1 is 1.11 bits per heavy atom. The summed E-state index contributed by atoms with van der Waals surface area (Å²) < 4.78 is 0. The van der Waals surface area contributed by atoms with Crippen LogP contribution in [0.5, 0.6) is 0 Å². The lowest BCUT2D eigenvalue weighted by Gasteiger charge is -2.61. The quantitative estimate of drug-likeness (QED) is 0.406. The number of Topliss-reactive ketones (excluding diaryl/α,β-unsaturated/α-hetero) is 1. The van der Waals surface area contributed by atoms with Crippen LogP contribution in [0, 0.1) is 39.4 Å². The highest BCUT2D eigenvalue weighted by Gasteiger charge is 2.68. The van der Waals surface area contributed by atoms with Gasteiger partial charge in [0.05, 0.1) is 18.3 Å². The number of carboxylic acid groups (broad SMARTS) is 1. The molecule has 0 amide bonds. The average molecular weight is 503 g/mol. The van der Waals surface area contributed by atoms with Crippen LogP contribution in [0.3, 0.4) is 0 Å². The average Bonchev–Trinajstić information content (AvgIpc) is 2.97. The second kappa shape index (κ2) is 8.78. The van der Waals surface area contributed by atoms with E-state index in [2.05, 4.69) is 41.5 Å². The number of allylic oxidation sites excluding steroid dienone is 1. The molecule has 2 saturated carbocycles. The normalized spacial score (nSPS) is 43.9. The summed E-state index contributed by atoms with van der Waals surface area (Å²) in [6, 6.07) is 0. The molecule has 0 aromatic heterocycles. The monoisotopic (exact) mass is 502 g/mol. The smallest absolute Gasteiger partial charge is 0.331 e. The minimum absolute atomic E-state index is 0.00459. The number of aliphatic carboxylic acids is 1. The molecule has 6 nitrogen and oxygen atoms in total. The lowest BCUT2D eigenvalue weighted by Crippen LogP contribution is -2.58. The Morgan fingerprint density at radius 3 is 2.36 bits per heavy atom. The Bertz CT molecular complexity index is 1010. The lowest BCUT2D eigenvalue weighted by atomic mass is 9.43. The van der Waals surface area contributed by atoms with Gasteiger partial charge in [-0.05, 0) is 85.5 Å². The van der Waals surface area contributed by atoms with Gasteiger partial charge in [0.1, 0.15) is 0 Å². The number of carbonyl (C=O) groups excluding carboxylic acids is 1. The Hall–Kier alpha value is -1.50. The van der Waals surface area contributed by atoms with Gasteiger partial charge < -0.3 is 20.4 Å². The van der Waals surface area contributed by atoms with Gasteiger partial charge in [-0.25, -0.2) is 4.79 Å². The maximum atomic E-state index is 14.1. The van der Waals surface area contributed by atoms with Gasteiger partial charge in [-0.2, -0.15) is 0 Å². The van der Waals surface area contributed by atoms with Crippen molar-refractivity contribution in [3.05, 3.63) is 22.8 Å². The van der Waals surface area contributed by atoms with Crippen LogP contribution in [0.2, 0.25) is 0 Å². The maximum Gasteiger partial charge on any atom is 0.331 e. The topological polar surface area (TPSA) is 115 Å². The third-order valence-corrected chi connectivity index (χ3v) is 11.7. The minimum atomic E-state index is -1.04. The van der Waals surface area contributed by atoms with E-state index in [1.165, 1.54) is 13.0 Å². The molecular formula is C30H46O6. The Kier molecular flexibility index (Phi) is 6.71. The van der Waals surface area contributed by atoms with Crippen LogP contribution in [0.15, 0.2) is 22.8 Å². The molecular weight excluding hydrogens is 456 g/mol. The van der Waals surface area contributed by atoms with Crippen molar-refractivity contribution < 1.29 is 30.0 Å². The highest BCUT2D eigenvalue weighted by Crippen LogP contribution is 2.71. The first-order valence-electron chi connectivity index (χ1n) is 13.7. The van der Waals surface area contributed by atoms with E-state index in [1.54, 1.807) is 0 Å². The van der Waals surface area contributed by atoms with E-state index in [0.29, 0.717) is 25.7 Å². The van der Waals surface area contributed by atoms with Crippen LogP contribution in [-0.2, 0) is 9.59 Å². The molecule has 4 aliphatic rings. The molecule has 6 heteroatoms. The molecule has 0 unspecified atom stereocenters. The van der Waals surface area contributed by atoms with Crippen LogP contribution >= 0.6 is 0 Å². The van der Waals surface area contributed by atoms with Crippen molar-refractivity contribution in [2.24, 2.45) is 39.4 Å². The molecule has 0 heterocycles. The number of carboxylic acids is 1. The zero-order valence-corrected chi connectivity index (χ0v) is 23.1. The predicted molar refractivity (Wildman–Crippen MR) is 138 cm³/mol. The Balaban J connectivity index is 1.72. The highest BCUT2D eigenvalue weighted by atomic mass is 16.4. The highest BCUT2D eigenvalue weighted by molar-refractivity contribution is 6.00. The molecule has 0 radical (unpaired) electrons. The van der Waals surface area contributed by atoms with Crippen molar-refractivity contribution in [3.8, 4) is 0 Å². The number of aliphatic hydroxyl groups excluding tert-OH is 3. The summed E-state index contributed by atoms with van der Waals surface area (Å²) in [4.78, 5) is 25.2. The van der Waals surface area contributed by atoms with Gasteiger partial charge in [0.2, 0.25) is 0 Å². The fourth-order valence-corrected chi connectivity index (χ4v) is 9.41. The first-order valence-corrected chi connectivity index (χ1v) is 13.7. The summed E-state index contributed by atoms with van der Waals surface area (Å²) in [6.07, 6.45) is 4.03. The second-order valence-electron chi connectivity index (χ2n) is 13.8. The summed E-state index contributed by atoms with van der Waals surface area (Å²) in [6.45, 7) is 14.3.